The maximum Gasteiger partial charge on any atom is 0.233 e. The standard InChI is InChI=1S/C21H28N2O.C18H20N2O2.C17H17NO2.C15H16N2O/c1-5-22(6-2)19-13-9-17(10-14-19)21(24)18-11-15-20(16-12-18)23(7-3)8-4;1-19(2)15-9-5-13(6-10-15)17(21)18(22)14-7-11-16(12-8-14)20(3)4;19-17(14-4-2-1-3-5-14)15-6-8-16(9-7-15)18-10-12-20-13-11-18;1-16-13-7-3-11(4-8-13)15(18)12-5-9-14(17-2)10-6-12/h9-16H,5-8H2,1-4H3;5-12H,1-4H3;1-9H,10-13H2;3-10,16-17H,1-2H3. The summed E-state index contributed by atoms with van der Waals surface area (Å²) in [7, 11) is 11.4. The van der Waals surface area contributed by atoms with E-state index in [1.54, 1.807) is 24.3 Å². The normalized spacial score (nSPS) is 11.4. The number of anilines is 7. The molecule has 8 aromatic carbocycles. The molecule has 84 heavy (non-hydrogen) atoms. The van der Waals surface area contributed by atoms with Gasteiger partial charge in [-0.1, -0.05) is 30.3 Å². The van der Waals surface area contributed by atoms with E-state index in [1.807, 2.05) is 228 Å². The predicted molar refractivity (Wildman–Crippen MR) is 348 cm³/mol. The van der Waals surface area contributed by atoms with Gasteiger partial charge in [-0.05, 0) is 198 Å². The van der Waals surface area contributed by atoms with Crippen molar-refractivity contribution in [1.82, 2.24) is 0 Å². The maximum atomic E-state index is 12.7. The molecule has 0 spiro atoms. The minimum atomic E-state index is -0.483. The van der Waals surface area contributed by atoms with E-state index >= 15 is 0 Å². The number of carbonyl (C=O) groups is 5. The van der Waals surface area contributed by atoms with Crippen LogP contribution in [0.25, 0.3) is 0 Å². The van der Waals surface area contributed by atoms with Gasteiger partial charge in [0.1, 0.15) is 0 Å². The van der Waals surface area contributed by atoms with Crippen molar-refractivity contribution >= 4 is 68.7 Å². The maximum absolute atomic E-state index is 12.7. The number of benzene rings is 8. The van der Waals surface area contributed by atoms with Crippen molar-refractivity contribution in [2.45, 2.75) is 27.7 Å². The fourth-order valence-corrected chi connectivity index (χ4v) is 9.22. The summed E-state index contributed by atoms with van der Waals surface area (Å²) >= 11 is 0. The van der Waals surface area contributed by atoms with E-state index in [2.05, 4.69) is 53.0 Å². The number of ether oxygens (including phenoxy) is 1. The molecular formula is C71H81N7O6. The summed E-state index contributed by atoms with van der Waals surface area (Å²) in [6.45, 7) is 15.8. The summed E-state index contributed by atoms with van der Waals surface area (Å²) in [4.78, 5) is 72.4. The lowest BCUT2D eigenvalue weighted by atomic mass is 10.0. The van der Waals surface area contributed by atoms with Crippen molar-refractivity contribution in [3.8, 4) is 0 Å². The van der Waals surface area contributed by atoms with E-state index in [0.717, 1.165) is 115 Å². The molecular weight excluding hydrogens is 1050 g/mol. The molecule has 13 heteroatoms. The highest BCUT2D eigenvalue weighted by molar-refractivity contribution is 6.49. The first-order valence-electron chi connectivity index (χ1n) is 28.6. The average molecular weight is 1130 g/mol. The molecule has 9 rings (SSSR count). The van der Waals surface area contributed by atoms with Crippen LogP contribution in [0.5, 0.6) is 0 Å². The molecule has 0 saturated carbocycles. The van der Waals surface area contributed by atoms with Gasteiger partial charge < -0.3 is 39.9 Å². The SMILES string of the molecule is CCN(CC)c1ccc(C(=O)c2ccc(N(CC)CC)cc2)cc1.CN(C)c1ccc(C(=O)C(=O)c2ccc(N(C)C)cc2)cc1.CNc1ccc(C(=O)c2ccc(NC)cc2)cc1.O=C(c1ccccc1)c1ccc(N2CCOCC2)cc1. The molecule has 1 fully saturated rings. The smallest absolute Gasteiger partial charge is 0.233 e. The molecule has 1 heterocycles. The summed E-state index contributed by atoms with van der Waals surface area (Å²) in [6.07, 6.45) is 0. The molecule has 0 aliphatic carbocycles. The van der Waals surface area contributed by atoms with Gasteiger partial charge in [0.25, 0.3) is 0 Å². The van der Waals surface area contributed by atoms with Crippen LogP contribution in [0.4, 0.5) is 39.8 Å². The summed E-state index contributed by atoms with van der Waals surface area (Å²) in [5.74, 6) is -0.780. The minimum absolute atomic E-state index is 0.0420. The molecule has 13 nitrogen and oxygen atoms in total. The topological polar surface area (TPSA) is 135 Å². The third-order valence-electron chi connectivity index (χ3n) is 14.4. The minimum Gasteiger partial charge on any atom is -0.388 e. The molecule has 0 bridgehead atoms. The number of morpholine rings is 1. The van der Waals surface area contributed by atoms with Crippen molar-refractivity contribution in [3.05, 3.63) is 245 Å². The van der Waals surface area contributed by atoms with E-state index in [0.29, 0.717) is 22.3 Å². The molecule has 0 radical (unpaired) electrons. The summed E-state index contributed by atoms with van der Waals surface area (Å²) in [5.41, 5.74) is 12.6. The lowest BCUT2D eigenvalue weighted by Crippen LogP contribution is -2.36. The second-order valence-electron chi connectivity index (χ2n) is 20.1. The largest absolute Gasteiger partial charge is 0.388 e. The molecule has 8 aromatic rings. The van der Waals surface area contributed by atoms with Crippen LogP contribution >= 0.6 is 0 Å². The Bertz CT molecular complexity index is 3150. The van der Waals surface area contributed by atoms with Crippen LogP contribution < -0.4 is 35.1 Å². The van der Waals surface area contributed by atoms with Gasteiger partial charge in [-0.25, -0.2) is 0 Å². The lowest BCUT2D eigenvalue weighted by molar-refractivity contribution is 0.0817. The van der Waals surface area contributed by atoms with Gasteiger partial charge in [-0.15, -0.1) is 0 Å². The van der Waals surface area contributed by atoms with E-state index in [4.69, 9.17) is 4.74 Å². The van der Waals surface area contributed by atoms with Gasteiger partial charge in [0.15, 0.2) is 17.3 Å². The number of carbonyl (C=O) groups excluding carboxylic acids is 5. The number of rotatable bonds is 20. The Morgan fingerprint density at radius 2 is 0.643 bits per heavy atom. The van der Waals surface area contributed by atoms with Gasteiger partial charge >= 0.3 is 0 Å². The van der Waals surface area contributed by atoms with Crippen LogP contribution in [0.2, 0.25) is 0 Å². The number of ketones is 5. The van der Waals surface area contributed by atoms with Crippen molar-refractivity contribution in [2.24, 2.45) is 0 Å². The van der Waals surface area contributed by atoms with Crippen molar-refractivity contribution < 1.29 is 28.7 Å². The summed E-state index contributed by atoms with van der Waals surface area (Å²) in [6, 6.07) is 62.0. The van der Waals surface area contributed by atoms with E-state index in [-0.39, 0.29) is 17.3 Å². The molecule has 0 unspecified atom stereocenters. The monoisotopic (exact) mass is 1130 g/mol. The number of hydrogen-bond donors (Lipinski definition) is 2. The average Bonchev–Trinajstić information content (AvgIpc) is 3.71. The van der Waals surface area contributed by atoms with Gasteiger partial charge in [-0.3, -0.25) is 24.0 Å². The van der Waals surface area contributed by atoms with Crippen LogP contribution in [0.1, 0.15) is 96.2 Å². The Labute approximate surface area is 497 Å². The fraction of sp³-hybridized carbons (Fsp3) is 0.254. The molecule has 436 valence electrons. The lowest BCUT2D eigenvalue weighted by Gasteiger charge is -2.28. The molecule has 1 aliphatic rings. The Hall–Kier alpha value is -9.33. The first-order chi connectivity index (χ1) is 40.6. The second kappa shape index (κ2) is 32.3. The van der Waals surface area contributed by atoms with Gasteiger partial charge in [0.05, 0.1) is 13.2 Å². The van der Waals surface area contributed by atoms with Crippen LogP contribution in [0.3, 0.4) is 0 Å². The first kappa shape index (κ1) is 63.8. The van der Waals surface area contributed by atoms with Crippen LogP contribution in [-0.2, 0) is 4.74 Å². The third-order valence-corrected chi connectivity index (χ3v) is 14.4. The van der Waals surface area contributed by atoms with Crippen LogP contribution in [0.15, 0.2) is 200 Å². The number of nitrogens with one attached hydrogen (secondary N) is 2. The zero-order valence-corrected chi connectivity index (χ0v) is 50.4. The van der Waals surface area contributed by atoms with Gasteiger partial charge in [0, 0.05) is 166 Å². The highest BCUT2D eigenvalue weighted by Crippen LogP contribution is 2.23. The number of nitrogens with zero attached hydrogens (tertiary/aromatic N) is 5. The third kappa shape index (κ3) is 17.8. The Kier molecular flexibility index (Phi) is 24.6. The Morgan fingerprint density at radius 1 is 0.369 bits per heavy atom. The molecule has 2 N–H and O–H groups in total. The van der Waals surface area contributed by atoms with E-state index < -0.39 is 11.6 Å². The van der Waals surface area contributed by atoms with Crippen molar-refractivity contribution in [2.75, 3.05) is 130 Å². The molecule has 0 amide bonds. The summed E-state index contributed by atoms with van der Waals surface area (Å²) in [5, 5.41) is 6.06. The van der Waals surface area contributed by atoms with Crippen molar-refractivity contribution in [1.29, 1.82) is 0 Å². The number of Topliss-reactive ketones (excluding diaryl/α,β-unsaturated/α-hetero) is 2. The highest BCUT2D eigenvalue weighted by atomic mass is 16.5. The van der Waals surface area contributed by atoms with Crippen LogP contribution in [-0.4, -0.2) is 124 Å². The zero-order valence-electron chi connectivity index (χ0n) is 50.4. The first-order valence-corrected chi connectivity index (χ1v) is 28.6. The second-order valence-corrected chi connectivity index (χ2v) is 20.1. The van der Waals surface area contributed by atoms with E-state index in [9.17, 15) is 24.0 Å². The zero-order chi connectivity index (χ0) is 60.5. The van der Waals surface area contributed by atoms with Crippen molar-refractivity contribution in [3.63, 3.8) is 0 Å². The molecule has 1 saturated heterocycles. The number of hydrogen-bond acceptors (Lipinski definition) is 13. The fourth-order valence-electron chi connectivity index (χ4n) is 9.22. The van der Waals surface area contributed by atoms with Gasteiger partial charge in [0.2, 0.25) is 11.6 Å². The Balaban J connectivity index is 0.000000180. The molecule has 0 atom stereocenters. The quantitative estimate of drug-likeness (QED) is 0.0554. The molecule has 0 aromatic heterocycles. The predicted octanol–water partition coefficient (Wildman–Crippen LogP) is 13.2. The summed E-state index contributed by atoms with van der Waals surface area (Å²) < 4.78 is 5.35. The van der Waals surface area contributed by atoms with Gasteiger partial charge in [-0.2, -0.15) is 0 Å². The molecule has 1 aliphatic heterocycles. The van der Waals surface area contributed by atoms with Crippen LogP contribution in [0, 0.1) is 0 Å². The van der Waals surface area contributed by atoms with E-state index in [1.165, 1.54) is 0 Å². The highest BCUT2D eigenvalue weighted by Gasteiger charge is 2.19. The Morgan fingerprint density at radius 3 is 0.940 bits per heavy atom.